The fraction of sp³-hybridized carbons (Fsp3) is 0.409. The zero-order valence-corrected chi connectivity index (χ0v) is 17.9. The molecule has 0 bridgehead atoms. The average Bonchev–Trinajstić information content (AvgIpc) is 2.59. The molecule has 1 aliphatic heterocycles. The number of hydrogen-bond acceptors (Lipinski definition) is 4. The molecule has 148 valence electrons. The van der Waals surface area contributed by atoms with Gasteiger partial charge in [0.15, 0.2) is 0 Å². The lowest BCUT2D eigenvalue weighted by Gasteiger charge is -2.37. The van der Waals surface area contributed by atoms with Crippen molar-refractivity contribution < 1.29 is 4.79 Å². The van der Waals surface area contributed by atoms with Gasteiger partial charge in [-0.3, -0.25) is 9.78 Å². The largest absolute Gasteiger partial charge is 0.321 e. The van der Waals surface area contributed by atoms with Crippen LogP contribution in [0.15, 0.2) is 30.5 Å². The molecule has 0 atom stereocenters. The molecule has 3 rings (SSSR count). The van der Waals surface area contributed by atoms with E-state index in [1.165, 1.54) is 0 Å². The maximum atomic E-state index is 12.7. The Morgan fingerprint density at radius 1 is 1.32 bits per heavy atom. The van der Waals surface area contributed by atoms with Crippen LogP contribution in [-0.2, 0) is 12.0 Å². The second-order valence-electron chi connectivity index (χ2n) is 8.31. The van der Waals surface area contributed by atoms with Crippen molar-refractivity contribution in [1.82, 2.24) is 9.88 Å². The molecule has 0 radical (unpaired) electrons. The van der Waals surface area contributed by atoms with E-state index in [1.807, 2.05) is 26.0 Å². The third-order valence-corrected chi connectivity index (χ3v) is 5.03. The van der Waals surface area contributed by atoms with E-state index in [1.54, 1.807) is 18.3 Å². The molecule has 2 aromatic rings. The molecule has 5 nitrogen and oxygen atoms in total. The first-order chi connectivity index (χ1) is 12.7. The molecule has 6 heteroatoms. The number of aromatic nitrogens is 1. The SMILES string of the molecule is CC(C)c1ccc(C(=O)Nc2cnc3c(c2)CN(C)CC3(C)C)cc1C#N.Cl. The lowest BCUT2D eigenvalue weighted by molar-refractivity contribution is 0.102. The van der Waals surface area contributed by atoms with Crippen LogP contribution in [0.5, 0.6) is 0 Å². The summed E-state index contributed by atoms with van der Waals surface area (Å²) in [6.07, 6.45) is 1.72. The molecule has 1 amide bonds. The smallest absolute Gasteiger partial charge is 0.255 e. The third-order valence-electron chi connectivity index (χ3n) is 5.03. The van der Waals surface area contributed by atoms with Gasteiger partial charge in [-0.1, -0.05) is 33.8 Å². The van der Waals surface area contributed by atoms with Gasteiger partial charge in [-0.15, -0.1) is 12.4 Å². The predicted molar refractivity (Wildman–Crippen MR) is 114 cm³/mol. The number of anilines is 1. The van der Waals surface area contributed by atoms with Crippen molar-refractivity contribution in [1.29, 1.82) is 5.26 Å². The number of rotatable bonds is 3. The highest BCUT2D eigenvalue weighted by molar-refractivity contribution is 6.04. The van der Waals surface area contributed by atoms with E-state index in [4.69, 9.17) is 0 Å². The molecule has 0 saturated carbocycles. The van der Waals surface area contributed by atoms with Crippen LogP contribution in [-0.4, -0.2) is 29.4 Å². The van der Waals surface area contributed by atoms with Crippen molar-refractivity contribution in [3.63, 3.8) is 0 Å². The van der Waals surface area contributed by atoms with Gasteiger partial charge in [0.05, 0.1) is 29.2 Å². The van der Waals surface area contributed by atoms with Crippen molar-refractivity contribution in [3.05, 3.63) is 58.4 Å². The number of halogens is 1. The number of nitriles is 1. The first-order valence-electron chi connectivity index (χ1n) is 9.24. The maximum absolute atomic E-state index is 12.7. The quantitative estimate of drug-likeness (QED) is 0.827. The summed E-state index contributed by atoms with van der Waals surface area (Å²) in [7, 11) is 2.09. The summed E-state index contributed by atoms with van der Waals surface area (Å²) in [4.78, 5) is 19.6. The van der Waals surface area contributed by atoms with Crippen molar-refractivity contribution in [2.45, 2.75) is 45.6 Å². The van der Waals surface area contributed by atoms with Gasteiger partial charge in [0.2, 0.25) is 0 Å². The Hall–Kier alpha value is -2.42. The first kappa shape index (κ1) is 21.9. The van der Waals surface area contributed by atoms with Gasteiger partial charge in [0.25, 0.3) is 5.91 Å². The van der Waals surface area contributed by atoms with E-state index in [0.29, 0.717) is 16.8 Å². The molecular weight excluding hydrogens is 372 g/mol. The highest BCUT2D eigenvalue weighted by Crippen LogP contribution is 2.32. The fourth-order valence-corrected chi connectivity index (χ4v) is 3.91. The molecule has 0 spiro atoms. The molecule has 1 N–H and O–H groups in total. The highest BCUT2D eigenvalue weighted by atomic mass is 35.5. The van der Waals surface area contributed by atoms with Crippen molar-refractivity contribution in [2.24, 2.45) is 0 Å². The molecule has 1 aromatic carbocycles. The lowest BCUT2D eigenvalue weighted by atomic mass is 9.82. The topological polar surface area (TPSA) is 69.0 Å². The summed E-state index contributed by atoms with van der Waals surface area (Å²) in [5.41, 5.74) is 4.87. The average molecular weight is 399 g/mol. The Morgan fingerprint density at radius 3 is 2.68 bits per heavy atom. The van der Waals surface area contributed by atoms with E-state index in [9.17, 15) is 10.1 Å². The van der Waals surface area contributed by atoms with Crippen molar-refractivity contribution in [3.8, 4) is 6.07 Å². The Balaban J connectivity index is 0.00000280. The van der Waals surface area contributed by atoms with Crippen molar-refractivity contribution in [2.75, 3.05) is 18.9 Å². The molecule has 28 heavy (non-hydrogen) atoms. The van der Waals surface area contributed by atoms with Gasteiger partial charge in [-0.2, -0.15) is 5.26 Å². The van der Waals surface area contributed by atoms with E-state index < -0.39 is 0 Å². The number of nitrogens with zero attached hydrogens (tertiary/aromatic N) is 3. The molecule has 0 aliphatic carbocycles. The number of fused-ring (bicyclic) bond motifs is 1. The minimum Gasteiger partial charge on any atom is -0.321 e. The van der Waals surface area contributed by atoms with Gasteiger partial charge >= 0.3 is 0 Å². The summed E-state index contributed by atoms with van der Waals surface area (Å²) in [6, 6.07) is 9.49. The molecule has 1 aromatic heterocycles. The zero-order chi connectivity index (χ0) is 19.8. The minimum atomic E-state index is -0.230. The second-order valence-corrected chi connectivity index (χ2v) is 8.31. The fourth-order valence-electron chi connectivity index (χ4n) is 3.91. The highest BCUT2D eigenvalue weighted by Gasteiger charge is 2.31. The third kappa shape index (κ3) is 4.35. The van der Waals surface area contributed by atoms with Crippen LogP contribution in [0.25, 0.3) is 0 Å². The number of carbonyl (C=O) groups excluding carboxylic acids is 1. The molecule has 0 fully saturated rings. The summed E-state index contributed by atoms with van der Waals surface area (Å²) in [5.74, 6) is 0.00827. The Labute approximate surface area is 173 Å². The van der Waals surface area contributed by atoms with Gasteiger partial charge in [0, 0.05) is 24.1 Å². The number of pyridine rings is 1. The summed E-state index contributed by atoms with van der Waals surface area (Å²) >= 11 is 0. The van der Waals surface area contributed by atoms with E-state index in [2.05, 4.69) is 42.2 Å². The van der Waals surface area contributed by atoms with Crippen LogP contribution < -0.4 is 5.32 Å². The monoisotopic (exact) mass is 398 g/mol. The standard InChI is InChI=1S/C22H26N4O.ClH/c1-14(2)19-7-6-15(8-16(19)10-23)21(27)25-18-9-17-12-26(5)13-22(3,4)20(17)24-11-18;/h6-9,11,14H,12-13H2,1-5H3,(H,25,27);1H. The van der Waals surface area contributed by atoms with Crippen LogP contribution in [0.3, 0.4) is 0 Å². The van der Waals surface area contributed by atoms with Crippen LogP contribution >= 0.6 is 12.4 Å². The molecule has 0 saturated heterocycles. The predicted octanol–water partition coefficient (Wildman–Crippen LogP) is 4.47. The lowest BCUT2D eigenvalue weighted by Crippen LogP contribution is -2.40. The molecule has 0 unspecified atom stereocenters. The van der Waals surface area contributed by atoms with Crippen LogP contribution in [0, 0.1) is 11.3 Å². The van der Waals surface area contributed by atoms with E-state index in [0.717, 1.165) is 29.9 Å². The van der Waals surface area contributed by atoms with Crippen LogP contribution in [0.1, 0.15) is 66.4 Å². The number of amides is 1. The van der Waals surface area contributed by atoms with Crippen LogP contribution in [0.2, 0.25) is 0 Å². The van der Waals surface area contributed by atoms with E-state index >= 15 is 0 Å². The number of likely N-dealkylation sites (N-methyl/N-ethyl adjacent to an activating group) is 1. The zero-order valence-electron chi connectivity index (χ0n) is 17.0. The van der Waals surface area contributed by atoms with Crippen molar-refractivity contribution >= 4 is 24.0 Å². The summed E-state index contributed by atoms with van der Waals surface area (Å²) < 4.78 is 0. The molecule has 2 heterocycles. The summed E-state index contributed by atoms with van der Waals surface area (Å²) in [5, 5.41) is 12.3. The van der Waals surface area contributed by atoms with E-state index in [-0.39, 0.29) is 29.6 Å². The Kier molecular flexibility index (Phi) is 6.48. The number of carbonyl (C=O) groups is 1. The van der Waals surface area contributed by atoms with Crippen LogP contribution in [0.4, 0.5) is 5.69 Å². The molecule has 1 aliphatic rings. The molecular formula is C22H27ClN4O. The van der Waals surface area contributed by atoms with Gasteiger partial charge in [0.1, 0.15) is 0 Å². The van der Waals surface area contributed by atoms with Gasteiger partial charge in [-0.25, -0.2) is 0 Å². The second kappa shape index (κ2) is 8.30. The number of nitrogens with one attached hydrogen (secondary N) is 1. The number of hydrogen-bond donors (Lipinski definition) is 1. The number of benzene rings is 1. The summed E-state index contributed by atoms with van der Waals surface area (Å²) in [6.45, 7) is 10.2. The Bertz CT molecular complexity index is 931. The van der Waals surface area contributed by atoms with Gasteiger partial charge in [-0.05, 0) is 42.3 Å². The first-order valence-corrected chi connectivity index (χ1v) is 9.24. The van der Waals surface area contributed by atoms with Gasteiger partial charge < -0.3 is 10.2 Å². The normalized spacial score (nSPS) is 15.3. The minimum absolute atomic E-state index is 0. The maximum Gasteiger partial charge on any atom is 0.255 e. The Morgan fingerprint density at radius 2 is 2.04 bits per heavy atom.